The van der Waals surface area contributed by atoms with Crippen molar-refractivity contribution in [3.8, 4) is 11.3 Å². The van der Waals surface area contributed by atoms with E-state index in [1.54, 1.807) is 16.9 Å². The SMILES string of the molecule is O=C(O)n1cc2ccc(Nc3nc4cccc(-c5ccccc5)n4n3)cc2c1. The van der Waals surface area contributed by atoms with Gasteiger partial charge in [0.05, 0.1) is 5.69 Å². The third-order valence-corrected chi connectivity index (χ3v) is 4.55. The Kier molecular flexibility index (Phi) is 3.58. The van der Waals surface area contributed by atoms with Gasteiger partial charge in [-0.05, 0) is 24.3 Å². The predicted molar refractivity (Wildman–Crippen MR) is 107 cm³/mol. The fraction of sp³-hybridized carbons (Fsp3) is 0. The molecule has 5 rings (SSSR count). The molecule has 2 N–H and O–H groups in total. The molecule has 0 aliphatic carbocycles. The molecule has 0 aliphatic rings. The van der Waals surface area contributed by atoms with Crippen LogP contribution in [0.3, 0.4) is 0 Å². The molecule has 7 nitrogen and oxygen atoms in total. The minimum absolute atomic E-state index is 0.473. The second-order valence-electron chi connectivity index (χ2n) is 6.40. The molecule has 0 saturated heterocycles. The number of carbonyl (C=O) groups is 1. The van der Waals surface area contributed by atoms with E-state index in [0.717, 1.165) is 37.9 Å². The van der Waals surface area contributed by atoms with E-state index >= 15 is 0 Å². The molecule has 2 aromatic carbocycles. The van der Waals surface area contributed by atoms with E-state index in [-0.39, 0.29) is 0 Å². The highest BCUT2D eigenvalue weighted by atomic mass is 16.4. The fourth-order valence-electron chi connectivity index (χ4n) is 3.24. The van der Waals surface area contributed by atoms with Gasteiger partial charge in [-0.1, -0.05) is 42.5 Å². The summed E-state index contributed by atoms with van der Waals surface area (Å²) >= 11 is 0. The van der Waals surface area contributed by atoms with E-state index in [0.29, 0.717) is 5.95 Å². The van der Waals surface area contributed by atoms with E-state index in [1.807, 2.05) is 66.7 Å². The summed E-state index contributed by atoms with van der Waals surface area (Å²) in [6.45, 7) is 0. The van der Waals surface area contributed by atoms with Crippen molar-refractivity contribution in [1.29, 1.82) is 0 Å². The summed E-state index contributed by atoms with van der Waals surface area (Å²) in [6.07, 6.45) is 2.14. The molecule has 0 atom stereocenters. The third-order valence-electron chi connectivity index (χ3n) is 4.55. The van der Waals surface area contributed by atoms with Crippen molar-refractivity contribution in [1.82, 2.24) is 19.2 Å². The Balaban J connectivity index is 1.52. The van der Waals surface area contributed by atoms with Crippen molar-refractivity contribution in [3.63, 3.8) is 0 Å². The highest BCUT2D eigenvalue weighted by Gasteiger charge is 2.10. The Morgan fingerprint density at radius 1 is 0.929 bits per heavy atom. The topological polar surface area (TPSA) is 84.5 Å². The van der Waals surface area contributed by atoms with Gasteiger partial charge in [-0.3, -0.25) is 4.57 Å². The summed E-state index contributed by atoms with van der Waals surface area (Å²) in [4.78, 5) is 15.7. The smallest absolute Gasteiger partial charge is 0.415 e. The summed E-state index contributed by atoms with van der Waals surface area (Å²) in [7, 11) is 0. The van der Waals surface area contributed by atoms with Gasteiger partial charge in [0.15, 0.2) is 5.65 Å². The zero-order chi connectivity index (χ0) is 19.1. The van der Waals surface area contributed by atoms with Crippen molar-refractivity contribution in [2.24, 2.45) is 0 Å². The predicted octanol–water partition coefficient (Wildman–Crippen LogP) is 4.62. The Bertz CT molecular complexity index is 1320. The highest BCUT2D eigenvalue weighted by molar-refractivity contribution is 5.89. The first-order valence-corrected chi connectivity index (χ1v) is 8.71. The average molecular weight is 369 g/mol. The van der Waals surface area contributed by atoms with Crippen LogP contribution in [0.2, 0.25) is 0 Å². The number of fused-ring (bicyclic) bond motifs is 2. The first kappa shape index (κ1) is 16.1. The number of nitrogens with zero attached hydrogens (tertiary/aromatic N) is 4. The van der Waals surface area contributed by atoms with Gasteiger partial charge in [-0.25, -0.2) is 9.31 Å². The van der Waals surface area contributed by atoms with Gasteiger partial charge >= 0.3 is 6.09 Å². The second kappa shape index (κ2) is 6.24. The summed E-state index contributed by atoms with van der Waals surface area (Å²) in [6, 6.07) is 21.5. The van der Waals surface area contributed by atoms with Crippen molar-refractivity contribution < 1.29 is 9.90 Å². The second-order valence-corrected chi connectivity index (χ2v) is 6.40. The number of benzene rings is 2. The van der Waals surface area contributed by atoms with Gasteiger partial charge in [-0.2, -0.15) is 4.98 Å². The lowest BCUT2D eigenvalue weighted by Gasteiger charge is -2.03. The number of hydrogen-bond donors (Lipinski definition) is 2. The van der Waals surface area contributed by atoms with Crippen LogP contribution in [0, 0.1) is 0 Å². The maximum Gasteiger partial charge on any atom is 0.415 e. The number of pyridine rings is 1. The van der Waals surface area contributed by atoms with Gasteiger partial charge < -0.3 is 10.4 Å². The Hall–Kier alpha value is -4.13. The average Bonchev–Trinajstić information content (AvgIpc) is 3.31. The number of aromatic nitrogens is 4. The lowest BCUT2D eigenvalue weighted by molar-refractivity contribution is 0.196. The summed E-state index contributed by atoms with van der Waals surface area (Å²) in [5.74, 6) is 0.473. The zero-order valence-electron chi connectivity index (χ0n) is 14.6. The molecule has 0 radical (unpaired) electrons. The quantitative estimate of drug-likeness (QED) is 0.485. The van der Waals surface area contributed by atoms with Crippen molar-refractivity contribution in [2.45, 2.75) is 0 Å². The van der Waals surface area contributed by atoms with Crippen LogP contribution in [0.5, 0.6) is 0 Å². The van der Waals surface area contributed by atoms with Crippen LogP contribution < -0.4 is 5.32 Å². The van der Waals surface area contributed by atoms with Crippen LogP contribution in [0.1, 0.15) is 0 Å². The molecule has 0 amide bonds. The molecule has 0 aliphatic heterocycles. The molecule has 0 spiro atoms. The highest BCUT2D eigenvalue weighted by Crippen LogP contribution is 2.24. The Labute approximate surface area is 159 Å². The van der Waals surface area contributed by atoms with Crippen LogP contribution in [0.15, 0.2) is 79.1 Å². The maximum absolute atomic E-state index is 11.1. The van der Waals surface area contributed by atoms with Crippen LogP contribution >= 0.6 is 0 Å². The van der Waals surface area contributed by atoms with Crippen LogP contribution in [-0.4, -0.2) is 30.4 Å². The number of carboxylic acid groups (broad SMARTS) is 1. The molecule has 3 aromatic heterocycles. The lowest BCUT2D eigenvalue weighted by Crippen LogP contribution is -2.03. The van der Waals surface area contributed by atoms with Crippen molar-refractivity contribution in [3.05, 3.63) is 79.1 Å². The summed E-state index contributed by atoms with van der Waals surface area (Å²) < 4.78 is 2.95. The third kappa shape index (κ3) is 2.75. The largest absolute Gasteiger partial charge is 0.464 e. The number of hydrogen-bond acceptors (Lipinski definition) is 4. The lowest BCUT2D eigenvalue weighted by atomic mass is 10.1. The molecule has 5 aromatic rings. The van der Waals surface area contributed by atoms with Crippen LogP contribution in [0.25, 0.3) is 27.7 Å². The molecular formula is C21H15N5O2. The first-order valence-electron chi connectivity index (χ1n) is 8.71. The van der Waals surface area contributed by atoms with Gasteiger partial charge in [0, 0.05) is 34.4 Å². The summed E-state index contributed by atoms with van der Waals surface area (Å²) in [5.41, 5.74) is 3.53. The minimum atomic E-state index is -1.01. The van der Waals surface area contributed by atoms with E-state index in [4.69, 9.17) is 5.11 Å². The van der Waals surface area contributed by atoms with E-state index in [9.17, 15) is 4.79 Å². The Morgan fingerprint density at radius 2 is 1.75 bits per heavy atom. The van der Waals surface area contributed by atoms with Crippen LogP contribution in [-0.2, 0) is 0 Å². The fourth-order valence-corrected chi connectivity index (χ4v) is 3.24. The molecule has 0 unspecified atom stereocenters. The first-order chi connectivity index (χ1) is 13.7. The molecule has 0 bridgehead atoms. The molecule has 28 heavy (non-hydrogen) atoms. The molecule has 7 heteroatoms. The maximum atomic E-state index is 11.1. The van der Waals surface area contributed by atoms with Gasteiger partial charge in [0.2, 0.25) is 5.95 Å². The molecule has 136 valence electrons. The molecule has 3 heterocycles. The normalized spacial score (nSPS) is 11.1. The number of rotatable bonds is 3. The molecule has 0 saturated carbocycles. The molecular weight excluding hydrogens is 354 g/mol. The zero-order valence-corrected chi connectivity index (χ0v) is 14.6. The minimum Gasteiger partial charge on any atom is -0.464 e. The molecule has 0 fully saturated rings. The van der Waals surface area contributed by atoms with Gasteiger partial charge in [0.25, 0.3) is 0 Å². The van der Waals surface area contributed by atoms with Crippen molar-refractivity contribution >= 4 is 34.1 Å². The Morgan fingerprint density at radius 3 is 2.57 bits per heavy atom. The van der Waals surface area contributed by atoms with E-state index in [2.05, 4.69) is 15.4 Å². The van der Waals surface area contributed by atoms with Gasteiger partial charge in [-0.15, -0.1) is 5.10 Å². The van der Waals surface area contributed by atoms with Crippen molar-refractivity contribution in [2.75, 3.05) is 5.32 Å². The van der Waals surface area contributed by atoms with E-state index in [1.165, 1.54) is 0 Å². The van der Waals surface area contributed by atoms with Gasteiger partial charge in [0.1, 0.15) is 0 Å². The standard InChI is InChI=1S/C21H15N5O2/c27-21(28)25-12-15-9-10-17(11-16(15)13-25)22-20-23-19-8-4-7-18(26(19)24-20)14-5-2-1-3-6-14/h1-13H,(H,22,24)(H,27,28). The van der Waals surface area contributed by atoms with E-state index < -0.39 is 6.09 Å². The number of nitrogens with one attached hydrogen (secondary N) is 1. The summed E-state index contributed by atoms with van der Waals surface area (Å²) in [5, 5.41) is 18.6. The monoisotopic (exact) mass is 369 g/mol. The van der Waals surface area contributed by atoms with Crippen LogP contribution in [0.4, 0.5) is 16.4 Å². The number of anilines is 2.